The Morgan fingerprint density at radius 1 is 1.43 bits per heavy atom. The van der Waals surface area contributed by atoms with Crippen LogP contribution >= 0.6 is 0 Å². The fraction of sp³-hybridized carbons (Fsp3) is 0.400. The molecule has 0 fully saturated rings. The maximum absolute atomic E-state index is 11.9. The molecule has 0 amide bonds. The Balaban J connectivity index is 3.17. The number of nitrogens with two attached hydrogens (primary N) is 1. The molecule has 0 saturated heterocycles. The van der Waals surface area contributed by atoms with Gasteiger partial charge in [0.25, 0.3) is 0 Å². The van der Waals surface area contributed by atoms with Gasteiger partial charge in [0.1, 0.15) is 5.75 Å². The number of ether oxygens (including phenoxy) is 1. The van der Waals surface area contributed by atoms with Crippen molar-refractivity contribution < 1.29 is 8.95 Å². The lowest BCUT2D eigenvalue weighted by Crippen LogP contribution is -2.07. The van der Waals surface area contributed by atoms with E-state index in [1.807, 2.05) is 13.8 Å². The van der Waals surface area contributed by atoms with Gasteiger partial charge in [-0.1, -0.05) is 13.8 Å². The number of rotatable bonds is 3. The molecule has 1 unspecified atom stereocenters. The van der Waals surface area contributed by atoms with Crippen LogP contribution in [0.4, 0.5) is 5.69 Å². The highest BCUT2D eigenvalue weighted by molar-refractivity contribution is 7.85. The average molecular weight is 213 g/mol. The van der Waals surface area contributed by atoms with Crippen molar-refractivity contribution in [2.45, 2.75) is 24.0 Å². The van der Waals surface area contributed by atoms with Gasteiger partial charge in [0.05, 0.1) is 22.8 Å². The number of hydrogen-bond acceptors (Lipinski definition) is 3. The summed E-state index contributed by atoms with van der Waals surface area (Å²) in [6, 6.07) is 5.18. The fourth-order valence-corrected chi connectivity index (χ4v) is 2.21. The van der Waals surface area contributed by atoms with E-state index in [2.05, 4.69) is 0 Å². The van der Waals surface area contributed by atoms with Gasteiger partial charge in [-0.25, -0.2) is 0 Å². The van der Waals surface area contributed by atoms with Crippen LogP contribution in [0.2, 0.25) is 0 Å². The minimum absolute atomic E-state index is 0.0608. The van der Waals surface area contributed by atoms with Gasteiger partial charge < -0.3 is 10.5 Å². The van der Waals surface area contributed by atoms with Crippen molar-refractivity contribution in [3.05, 3.63) is 18.2 Å². The van der Waals surface area contributed by atoms with Gasteiger partial charge >= 0.3 is 0 Å². The molecule has 3 nitrogen and oxygen atoms in total. The molecule has 0 spiro atoms. The molecule has 1 aromatic rings. The topological polar surface area (TPSA) is 52.3 Å². The first kappa shape index (κ1) is 11.0. The standard InChI is InChI=1S/C10H15NO2S/c1-7(2)14(12)10-6-8(11)4-5-9(10)13-3/h4-7H,11H2,1-3H3. The molecular weight excluding hydrogens is 198 g/mol. The summed E-state index contributed by atoms with van der Waals surface area (Å²) < 4.78 is 17.0. The first-order valence-electron chi connectivity index (χ1n) is 4.40. The zero-order valence-electron chi connectivity index (χ0n) is 8.61. The van der Waals surface area contributed by atoms with E-state index in [1.165, 1.54) is 0 Å². The lowest BCUT2D eigenvalue weighted by Gasteiger charge is -2.10. The van der Waals surface area contributed by atoms with Crippen molar-refractivity contribution in [2.24, 2.45) is 0 Å². The van der Waals surface area contributed by atoms with Gasteiger partial charge in [-0.05, 0) is 18.2 Å². The Labute approximate surface area is 86.7 Å². The Morgan fingerprint density at radius 3 is 2.57 bits per heavy atom. The third-order valence-electron chi connectivity index (χ3n) is 1.83. The first-order chi connectivity index (χ1) is 6.56. The summed E-state index contributed by atoms with van der Waals surface area (Å²) >= 11 is 0. The van der Waals surface area contributed by atoms with Crippen molar-refractivity contribution in [3.8, 4) is 5.75 Å². The third kappa shape index (κ3) is 2.26. The molecule has 0 aliphatic rings. The largest absolute Gasteiger partial charge is 0.495 e. The van der Waals surface area contributed by atoms with E-state index >= 15 is 0 Å². The molecule has 78 valence electrons. The molecule has 0 aliphatic carbocycles. The zero-order chi connectivity index (χ0) is 10.7. The summed E-state index contributed by atoms with van der Waals surface area (Å²) in [5.74, 6) is 0.631. The van der Waals surface area contributed by atoms with Gasteiger partial charge in [-0.3, -0.25) is 4.21 Å². The molecule has 1 aromatic carbocycles. The minimum atomic E-state index is -1.06. The average Bonchev–Trinajstić information content (AvgIpc) is 2.16. The van der Waals surface area contributed by atoms with E-state index in [4.69, 9.17) is 10.5 Å². The number of anilines is 1. The molecule has 1 rings (SSSR count). The Morgan fingerprint density at radius 2 is 2.07 bits per heavy atom. The summed E-state index contributed by atoms with van der Waals surface area (Å²) in [5.41, 5.74) is 6.24. The van der Waals surface area contributed by atoms with E-state index in [1.54, 1.807) is 25.3 Å². The van der Waals surface area contributed by atoms with Crippen LogP contribution in [0.1, 0.15) is 13.8 Å². The maximum atomic E-state index is 11.9. The minimum Gasteiger partial charge on any atom is -0.495 e. The number of benzene rings is 1. The lowest BCUT2D eigenvalue weighted by molar-refractivity contribution is 0.404. The van der Waals surface area contributed by atoms with Crippen LogP contribution in [0.5, 0.6) is 5.75 Å². The highest BCUT2D eigenvalue weighted by Crippen LogP contribution is 2.26. The number of hydrogen-bond donors (Lipinski definition) is 1. The summed E-state index contributed by atoms with van der Waals surface area (Å²) in [5, 5.41) is 0.0608. The molecule has 0 radical (unpaired) electrons. The normalized spacial score (nSPS) is 12.9. The monoisotopic (exact) mass is 213 g/mol. The second-order valence-corrected chi connectivity index (χ2v) is 5.23. The van der Waals surface area contributed by atoms with Gasteiger partial charge in [0.2, 0.25) is 0 Å². The molecule has 0 saturated carbocycles. The van der Waals surface area contributed by atoms with Gasteiger partial charge in [0, 0.05) is 10.9 Å². The Hall–Kier alpha value is -1.03. The summed E-state index contributed by atoms with van der Waals surface area (Å²) in [7, 11) is 0.500. The van der Waals surface area contributed by atoms with Gasteiger partial charge in [-0.2, -0.15) is 0 Å². The van der Waals surface area contributed by atoms with E-state index in [9.17, 15) is 4.21 Å². The highest BCUT2D eigenvalue weighted by Gasteiger charge is 2.13. The summed E-state index contributed by atoms with van der Waals surface area (Å²) in [6.07, 6.45) is 0. The smallest absolute Gasteiger partial charge is 0.135 e. The van der Waals surface area contributed by atoms with Crippen LogP contribution in [-0.2, 0) is 10.8 Å². The molecule has 0 aromatic heterocycles. The first-order valence-corrected chi connectivity index (χ1v) is 5.61. The van der Waals surface area contributed by atoms with Crippen molar-refractivity contribution >= 4 is 16.5 Å². The zero-order valence-corrected chi connectivity index (χ0v) is 9.43. The molecule has 2 N–H and O–H groups in total. The molecule has 0 heterocycles. The van der Waals surface area contributed by atoms with E-state index in [0.29, 0.717) is 16.3 Å². The van der Waals surface area contributed by atoms with Crippen LogP contribution in [0.25, 0.3) is 0 Å². The lowest BCUT2D eigenvalue weighted by atomic mass is 10.3. The van der Waals surface area contributed by atoms with Crippen LogP contribution in [0.3, 0.4) is 0 Å². The quantitative estimate of drug-likeness (QED) is 0.779. The molecule has 0 bridgehead atoms. The van der Waals surface area contributed by atoms with Crippen LogP contribution in [0, 0.1) is 0 Å². The van der Waals surface area contributed by atoms with Crippen molar-refractivity contribution in [1.82, 2.24) is 0 Å². The highest BCUT2D eigenvalue weighted by atomic mass is 32.2. The molecule has 0 aliphatic heterocycles. The second kappa shape index (κ2) is 4.46. The SMILES string of the molecule is COc1ccc(N)cc1S(=O)C(C)C. The Kier molecular flexibility index (Phi) is 3.52. The molecule has 4 heteroatoms. The number of nitrogen functional groups attached to an aromatic ring is 1. The van der Waals surface area contributed by atoms with Gasteiger partial charge in [0.15, 0.2) is 0 Å². The summed E-state index contributed by atoms with van der Waals surface area (Å²) in [4.78, 5) is 0.669. The van der Waals surface area contributed by atoms with E-state index in [-0.39, 0.29) is 5.25 Å². The van der Waals surface area contributed by atoms with E-state index in [0.717, 1.165) is 0 Å². The summed E-state index contributed by atoms with van der Waals surface area (Å²) in [6.45, 7) is 3.80. The van der Waals surface area contributed by atoms with Crippen molar-refractivity contribution in [1.29, 1.82) is 0 Å². The predicted molar refractivity (Wildman–Crippen MR) is 59.0 cm³/mol. The van der Waals surface area contributed by atoms with E-state index < -0.39 is 10.8 Å². The van der Waals surface area contributed by atoms with Crippen LogP contribution < -0.4 is 10.5 Å². The van der Waals surface area contributed by atoms with Crippen LogP contribution in [0.15, 0.2) is 23.1 Å². The molecular formula is C10H15NO2S. The van der Waals surface area contributed by atoms with Crippen molar-refractivity contribution in [2.75, 3.05) is 12.8 Å². The number of methoxy groups -OCH3 is 1. The van der Waals surface area contributed by atoms with Crippen molar-refractivity contribution in [3.63, 3.8) is 0 Å². The fourth-order valence-electron chi connectivity index (χ4n) is 1.10. The molecule has 14 heavy (non-hydrogen) atoms. The van der Waals surface area contributed by atoms with Gasteiger partial charge in [-0.15, -0.1) is 0 Å². The van der Waals surface area contributed by atoms with Crippen LogP contribution in [-0.4, -0.2) is 16.6 Å². The predicted octanol–water partition coefficient (Wildman–Crippen LogP) is 1.79. The molecule has 1 atom stereocenters. The second-order valence-electron chi connectivity index (χ2n) is 3.26. The third-order valence-corrected chi connectivity index (χ3v) is 3.44. The maximum Gasteiger partial charge on any atom is 0.135 e. The Bertz CT molecular complexity index is 350.